The molecule has 1 aliphatic heterocycles. The Hall–Kier alpha value is -1.02. The van der Waals surface area contributed by atoms with Gasteiger partial charge in [0, 0.05) is 24.8 Å². The molecule has 0 radical (unpaired) electrons. The Kier molecular flexibility index (Phi) is 4.28. The van der Waals surface area contributed by atoms with Gasteiger partial charge in [-0.05, 0) is 49.3 Å². The summed E-state index contributed by atoms with van der Waals surface area (Å²) >= 11 is 0. The first-order chi connectivity index (χ1) is 8.60. The van der Waals surface area contributed by atoms with Gasteiger partial charge in [-0.2, -0.15) is 0 Å². The molecule has 0 aromatic heterocycles. The summed E-state index contributed by atoms with van der Waals surface area (Å²) in [4.78, 5) is 2.52. The summed E-state index contributed by atoms with van der Waals surface area (Å²) in [6.07, 6.45) is 3.36. The van der Waals surface area contributed by atoms with Crippen molar-refractivity contribution in [3.8, 4) is 0 Å². The fraction of sp³-hybridized carbons (Fsp3) is 0.625. The van der Waals surface area contributed by atoms with Crippen LogP contribution in [0.3, 0.4) is 0 Å². The summed E-state index contributed by atoms with van der Waals surface area (Å²) in [5.74, 6) is 0.831. The highest BCUT2D eigenvalue weighted by Gasteiger charge is 2.20. The molecule has 2 atom stereocenters. The monoisotopic (exact) mass is 246 g/mol. The minimum atomic E-state index is 0.294. The third kappa shape index (κ3) is 3.05. The zero-order valence-corrected chi connectivity index (χ0v) is 11.9. The van der Waals surface area contributed by atoms with Gasteiger partial charge in [0.2, 0.25) is 0 Å². The molecule has 0 bridgehead atoms. The molecule has 0 amide bonds. The van der Waals surface area contributed by atoms with Crippen LogP contribution in [0.15, 0.2) is 18.2 Å². The second-order valence-corrected chi connectivity index (χ2v) is 5.83. The average Bonchev–Trinajstić information content (AvgIpc) is 2.75. The number of hydrogen-bond donors (Lipinski definition) is 1. The Morgan fingerprint density at radius 3 is 2.78 bits per heavy atom. The van der Waals surface area contributed by atoms with Crippen LogP contribution >= 0.6 is 0 Å². The van der Waals surface area contributed by atoms with Crippen molar-refractivity contribution in [2.75, 3.05) is 18.0 Å². The van der Waals surface area contributed by atoms with Gasteiger partial charge in [0.1, 0.15) is 0 Å². The van der Waals surface area contributed by atoms with E-state index in [9.17, 15) is 0 Å². The lowest BCUT2D eigenvalue weighted by Gasteiger charge is -2.21. The van der Waals surface area contributed by atoms with Crippen molar-refractivity contribution in [3.05, 3.63) is 29.3 Å². The van der Waals surface area contributed by atoms with E-state index < -0.39 is 0 Å². The molecule has 1 fully saturated rings. The summed E-state index contributed by atoms with van der Waals surface area (Å²) in [6, 6.07) is 7.14. The molecule has 1 saturated heterocycles. The second kappa shape index (κ2) is 5.75. The number of hydrogen-bond acceptors (Lipinski definition) is 2. The van der Waals surface area contributed by atoms with Crippen molar-refractivity contribution < 1.29 is 0 Å². The van der Waals surface area contributed by atoms with Crippen molar-refractivity contribution >= 4 is 5.69 Å². The topological polar surface area (TPSA) is 29.3 Å². The Balaban J connectivity index is 2.10. The molecule has 2 rings (SSSR count). The van der Waals surface area contributed by atoms with Crippen molar-refractivity contribution in [2.24, 2.45) is 11.7 Å². The van der Waals surface area contributed by atoms with Crippen molar-refractivity contribution in [3.63, 3.8) is 0 Å². The zero-order valence-electron chi connectivity index (χ0n) is 11.9. The third-order valence-corrected chi connectivity index (χ3v) is 4.05. The minimum Gasteiger partial charge on any atom is -0.371 e. The Labute approximate surface area is 111 Å². The van der Waals surface area contributed by atoms with E-state index in [2.05, 4.69) is 43.9 Å². The highest BCUT2D eigenvalue weighted by Crippen LogP contribution is 2.27. The van der Waals surface area contributed by atoms with Gasteiger partial charge < -0.3 is 10.6 Å². The third-order valence-electron chi connectivity index (χ3n) is 4.05. The molecule has 2 N–H and O–H groups in total. The van der Waals surface area contributed by atoms with Crippen LogP contribution in [0.4, 0.5) is 5.69 Å². The SMILES string of the molecule is CCC(N)Cc1ccc(N2CCC(C)C2)c(C)c1. The van der Waals surface area contributed by atoms with Crippen LogP contribution < -0.4 is 10.6 Å². The van der Waals surface area contributed by atoms with Gasteiger partial charge in [-0.25, -0.2) is 0 Å². The lowest BCUT2D eigenvalue weighted by Crippen LogP contribution is -2.22. The number of anilines is 1. The van der Waals surface area contributed by atoms with Crippen LogP contribution in [-0.4, -0.2) is 19.1 Å². The van der Waals surface area contributed by atoms with Gasteiger partial charge in [-0.3, -0.25) is 0 Å². The highest BCUT2D eigenvalue weighted by molar-refractivity contribution is 5.55. The van der Waals surface area contributed by atoms with E-state index in [1.807, 2.05) is 0 Å². The Morgan fingerprint density at radius 1 is 1.44 bits per heavy atom. The molecule has 1 aromatic rings. The molecule has 1 heterocycles. The lowest BCUT2D eigenvalue weighted by atomic mass is 10.0. The molecule has 2 unspecified atom stereocenters. The number of nitrogens with zero attached hydrogens (tertiary/aromatic N) is 1. The first kappa shape index (κ1) is 13.4. The Bertz CT molecular complexity index is 400. The van der Waals surface area contributed by atoms with E-state index in [1.54, 1.807) is 0 Å². The second-order valence-electron chi connectivity index (χ2n) is 5.83. The molecule has 100 valence electrons. The van der Waals surface area contributed by atoms with E-state index in [0.717, 1.165) is 18.8 Å². The summed E-state index contributed by atoms with van der Waals surface area (Å²) in [7, 11) is 0. The maximum atomic E-state index is 6.02. The quantitative estimate of drug-likeness (QED) is 0.884. The van der Waals surface area contributed by atoms with Crippen molar-refractivity contribution in [1.82, 2.24) is 0 Å². The average molecular weight is 246 g/mol. The number of nitrogens with two attached hydrogens (primary N) is 1. The highest BCUT2D eigenvalue weighted by atomic mass is 15.1. The van der Waals surface area contributed by atoms with Crippen LogP contribution in [0.5, 0.6) is 0 Å². The molecule has 2 nitrogen and oxygen atoms in total. The van der Waals surface area contributed by atoms with E-state index in [0.29, 0.717) is 6.04 Å². The maximum Gasteiger partial charge on any atom is 0.0396 e. The predicted octanol–water partition coefficient (Wildman–Crippen LogP) is 3.12. The zero-order chi connectivity index (χ0) is 13.1. The first-order valence-electron chi connectivity index (χ1n) is 7.20. The number of aryl methyl sites for hydroxylation is 1. The largest absolute Gasteiger partial charge is 0.371 e. The van der Waals surface area contributed by atoms with E-state index in [4.69, 9.17) is 5.73 Å². The number of rotatable bonds is 4. The summed E-state index contributed by atoms with van der Waals surface area (Å²) in [5, 5.41) is 0. The summed E-state index contributed by atoms with van der Waals surface area (Å²) in [5.41, 5.74) is 10.2. The molecule has 0 saturated carbocycles. The van der Waals surface area contributed by atoms with Crippen LogP contribution in [0.2, 0.25) is 0 Å². The van der Waals surface area contributed by atoms with Crippen molar-refractivity contribution in [2.45, 2.75) is 46.1 Å². The standard InChI is InChI=1S/C16H26N2/c1-4-15(17)10-14-5-6-16(13(3)9-14)18-8-7-12(2)11-18/h5-6,9,12,15H,4,7-8,10-11,17H2,1-3H3. The molecule has 1 aliphatic rings. The van der Waals surface area contributed by atoms with Gasteiger partial charge in [0.05, 0.1) is 0 Å². The van der Waals surface area contributed by atoms with E-state index >= 15 is 0 Å². The summed E-state index contributed by atoms with van der Waals surface area (Å²) in [6.45, 7) is 9.12. The molecule has 2 heteroatoms. The lowest BCUT2D eigenvalue weighted by molar-refractivity contribution is 0.646. The molecule has 0 aliphatic carbocycles. The van der Waals surface area contributed by atoms with Gasteiger partial charge in [-0.15, -0.1) is 0 Å². The van der Waals surface area contributed by atoms with Gasteiger partial charge in [0.15, 0.2) is 0 Å². The fourth-order valence-electron chi connectivity index (χ4n) is 2.80. The van der Waals surface area contributed by atoms with Crippen molar-refractivity contribution in [1.29, 1.82) is 0 Å². The fourth-order valence-corrected chi connectivity index (χ4v) is 2.80. The van der Waals surface area contributed by atoms with E-state index in [-0.39, 0.29) is 0 Å². The maximum absolute atomic E-state index is 6.02. The van der Waals surface area contributed by atoms with Gasteiger partial charge in [0.25, 0.3) is 0 Å². The van der Waals surface area contributed by atoms with Crippen LogP contribution in [0.25, 0.3) is 0 Å². The van der Waals surface area contributed by atoms with E-state index in [1.165, 1.54) is 36.3 Å². The van der Waals surface area contributed by atoms with Crippen LogP contribution in [-0.2, 0) is 6.42 Å². The first-order valence-corrected chi connectivity index (χ1v) is 7.20. The molecular formula is C16H26N2. The summed E-state index contributed by atoms with van der Waals surface area (Å²) < 4.78 is 0. The Morgan fingerprint density at radius 2 is 2.22 bits per heavy atom. The predicted molar refractivity (Wildman–Crippen MR) is 79.1 cm³/mol. The smallest absolute Gasteiger partial charge is 0.0396 e. The van der Waals surface area contributed by atoms with Gasteiger partial charge >= 0.3 is 0 Å². The molecule has 1 aromatic carbocycles. The molecule has 18 heavy (non-hydrogen) atoms. The molecular weight excluding hydrogens is 220 g/mol. The normalized spacial score (nSPS) is 21.3. The number of benzene rings is 1. The minimum absolute atomic E-state index is 0.294. The van der Waals surface area contributed by atoms with Gasteiger partial charge in [-0.1, -0.05) is 26.0 Å². The molecule has 0 spiro atoms. The van der Waals surface area contributed by atoms with Crippen LogP contribution in [0.1, 0.15) is 37.8 Å². The van der Waals surface area contributed by atoms with Crippen LogP contribution in [0, 0.1) is 12.8 Å².